The highest BCUT2D eigenvalue weighted by molar-refractivity contribution is 5.84. The lowest BCUT2D eigenvalue weighted by atomic mass is 10.1. The fraction of sp³-hybridized carbons (Fsp3) is 0.250. The van der Waals surface area contributed by atoms with Gasteiger partial charge in [-0.25, -0.2) is 4.68 Å². The van der Waals surface area contributed by atoms with Gasteiger partial charge in [0.2, 0.25) is 0 Å². The van der Waals surface area contributed by atoms with Gasteiger partial charge >= 0.3 is 0 Å². The highest BCUT2D eigenvalue weighted by atomic mass is 15.4. The third kappa shape index (κ3) is 2.56. The van der Waals surface area contributed by atoms with Crippen LogP contribution >= 0.6 is 0 Å². The van der Waals surface area contributed by atoms with E-state index in [-0.39, 0.29) is 0 Å². The molecule has 3 rings (SSSR count). The van der Waals surface area contributed by atoms with Crippen molar-refractivity contribution in [3.05, 3.63) is 54.4 Å². The summed E-state index contributed by atoms with van der Waals surface area (Å²) in [5, 5.41) is 14.1. The van der Waals surface area contributed by atoms with E-state index in [0.717, 1.165) is 17.9 Å². The third-order valence-corrected chi connectivity index (χ3v) is 3.29. The summed E-state index contributed by atoms with van der Waals surface area (Å²) in [7, 11) is 0. The molecule has 4 heteroatoms. The predicted molar refractivity (Wildman–Crippen MR) is 80.8 cm³/mol. The normalized spacial score (nSPS) is 11.3. The van der Waals surface area contributed by atoms with Crippen LogP contribution < -0.4 is 5.32 Å². The first-order chi connectivity index (χ1) is 9.74. The van der Waals surface area contributed by atoms with Crippen LogP contribution in [-0.4, -0.2) is 21.0 Å². The first-order valence-electron chi connectivity index (χ1n) is 6.86. The van der Waals surface area contributed by atoms with Crippen LogP contribution in [0.5, 0.6) is 0 Å². The maximum atomic E-state index is 4.20. The molecule has 1 N–H and O–H groups in total. The van der Waals surface area contributed by atoms with E-state index in [9.17, 15) is 0 Å². The molecule has 102 valence electrons. The number of rotatable bonds is 4. The minimum atomic E-state index is 0.440. The Morgan fingerprint density at radius 1 is 1.10 bits per heavy atom. The second-order valence-electron chi connectivity index (χ2n) is 5.20. The van der Waals surface area contributed by atoms with Gasteiger partial charge in [-0.3, -0.25) is 0 Å². The molecule has 0 saturated heterocycles. The molecule has 0 saturated carbocycles. The van der Waals surface area contributed by atoms with Gasteiger partial charge in [0.1, 0.15) is 0 Å². The Bertz CT molecular complexity index is 715. The van der Waals surface area contributed by atoms with Crippen molar-refractivity contribution in [1.29, 1.82) is 0 Å². The van der Waals surface area contributed by atoms with Crippen LogP contribution in [0.2, 0.25) is 0 Å². The predicted octanol–water partition coefficient (Wildman–Crippen LogP) is 2.92. The second-order valence-corrected chi connectivity index (χ2v) is 5.20. The van der Waals surface area contributed by atoms with Crippen LogP contribution in [0.4, 0.5) is 0 Å². The molecule has 0 radical (unpaired) electrons. The lowest BCUT2D eigenvalue weighted by Crippen LogP contribution is -2.23. The Labute approximate surface area is 118 Å². The molecule has 2 aromatic carbocycles. The lowest BCUT2D eigenvalue weighted by molar-refractivity contribution is 0.570. The molecule has 0 aliphatic rings. The summed E-state index contributed by atoms with van der Waals surface area (Å²) in [4.78, 5) is 0. The van der Waals surface area contributed by atoms with E-state index in [1.807, 2.05) is 10.9 Å². The maximum absolute atomic E-state index is 4.20. The Morgan fingerprint density at radius 3 is 2.70 bits per heavy atom. The van der Waals surface area contributed by atoms with E-state index in [1.165, 1.54) is 10.8 Å². The average Bonchev–Trinajstić information content (AvgIpc) is 2.93. The summed E-state index contributed by atoms with van der Waals surface area (Å²) in [6.45, 7) is 5.02. The van der Waals surface area contributed by atoms with Gasteiger partial charge in [0, 0.05) is 12.6 Å². The van der Waals surface area contributed by atoms with Crippen molar-refractivity contribution in [3.8, 4) is 5.69 Å². The Balaban J connectivity index is 1.96. The van der Waals surface area contributed by atoms with Crippen LogP contribution in [-0.2, 0) is 6.54 Å². The number of hydrogen-bond acceptors (Lipinski definition) is 3. The van der Waals surface area contributed by atoms with Gasteiger partial charge in [-0.15, -0.1) is 5.10 Å². The zero-order valence-electron chi connectivity index (χ0n) is 11.7. The van der Waals surface area contributed by atoms with Gasteiger partial charge in [0.15, 0.2) is 0 Å². The zero-order valence-corrected chi connectivity index (χ0v) is 11.7. The van der Waals surface area contributed by atoms with Gasteiger partial charge in [-0.05, 0) is 22.9 Å². The van der Waals surface area contributed by atoms with Gasteiger partial charge in [0.25, 0.3) is 0 Å². The maximum Gasteiger partial charge on any atom is 0.0783 e. The Morgan fingerprint density at radius 2 is 1.90 bits per heavy atom. The number of nitrogens with one attached hydrogen (secondary N) is 1. The van der Waals surface area contributed by atoms with Crippen LogP contribution in [0, 0.1) is 0 Å². The van der Waals surface area contributed by atoms with Gasteiger partial charge in [0.05, 0.1) is 17.6 Å². The molecule has 0 aliphatic carbocycles. The SMILES string of the molecule is CC(C)NCc1cnnn1-c1ccc2ccccc2c1. The minimum absolute atomic E-state index is 0.440. The van der Waals surface area contributed by atoms with Crippen LogP contribution in [0.3, 0.4) is 0 Å². The topological polar surface area (TPSA) is 42.7 Å². The van der Waals surface area contributed by atoms with Gasteiger partial charge in [-0.1, -0.05) is 49.4 Å². The van der Waals surface area contributed by atoms with Crippen LogP contribution in [0.25, 0.3) is 16.5 Å². The molecule has 3 aromatic rings. The van der Waals surface area contributed by atoms with Crippen molar-refractivity contribution in [2.24, 2.45) is 0 Å². The van der Waals surface area contributed by atoms with E-state index in [0.29, 0.717) is 6.04 Å². The lowest BCUT2D eigenvalue weighted by Gasteiger charge is -2.10. The Kier molecular flexibility index (Phi) is 3.48. The van der Waals surface area contributed by atoms with Crippen molar-refractivity contribution in [1.82, 2.24) is 20.3 Å². The van der Waals surface area contributed by atoms with E-state index in [2.05, 4.69) is 71.9 Å². The number of fused-ring (bicyclic) bond motifs is 1. The van der Waals surface area contributed by atoms with Crippen molar-refractivity contribution in [3.63, 3.8) is 0 Å². The Hall–Kier alpha value is -2.20. The molecule has 0 atom stereocenters. The first-order valence-corrected chi connectivity index (χ1v) is 6.86. The molecular weight excluding hydrogens is 248 g/mol. The molecule has 0 fully saturated rings. The summed E-state index contributed by atoms with van der Waals surface area (Å²) in [6.07, 6.45) is 1.81. The smallest absolute Gasteiger partial charge is 0.0783 e. The monoisotopic (exact) mass is 266 g/mol. The molecule has 0 amide bonds. The molecule has 4 nitrogen and oxygen atoms in total. The molecule has 0 spiro atoms. The fourth-order valence-corrected chi connectivity index (χ4v) is 2.21. The molecular formula is C16H18N4. The van der Waals surface area contributed by atoms with E-state index >= 15 is 0 Å². The highest BCUT2D eigenvalue weighted by Gasteiger charge is 2.07. The summed E-state index contributed by atoms with van der Waals surface area (Å²) in [5.41, 5.74) is 2.11. The summed E-state index contributed by atoms with van der Waals surface area (Å²) in [6, 6.07) is 15.1. The number of hydrogen-bond donors (Lipinski definition) is 1. The molecule has 0 bridgehead atoms. The van der Waals surface area contributed by atoms with Crippen molar-refractivity contribution < 1.29 is 0 Å². The van der Waals surface area contributed by atoms with Crippen LogP contribution in [0.15, 0.2) is 48.7 Å². The summed E-state index contributed by atoms with van der Waals surface area (Å²) in [5.74, 6) is 0. The third-order valence-electron chi connectivity index (χ3n) is 3.29. The molecule has 0 aliphatic heterocycles. The molecule has 1 heterocycles. The number of benzene rings is 2. The van der Waals surface area contributed by atoms with E-state index < -0.39 is 0 Å². The van der Waals surface area contributed by atoms with E-state index in [1.54, 1.807) is 0 Å². The number of aromatic nitrogens is 3. The van der Waals surface area contributed by atoms with Gasteiger partial charge in [-0.2, -0.15) is 0 Å². The van der Waals surface area contributed by atoms with Crippen molar-refractivity contribution in [2.75, 3.05) is 0 Å². The first kappa shape index (κ1) is 12.8. The quantitative estimate of drug-likeness (QED) is 0.789. The van der Waals surface area contributed by atoms with Crippen LogP contribution in [0.1, 0.15) is 19.5 Å². The van der Waals surface area contributed by atoms with Gasteiger partial charge < -0.3 is 5.32 Å². The fourth-order valence-electron chi connectivity index (χ4n) is 2.21. The highest BCUT2D eigenvalue weighted by Crippen LogP contribution is 2.18. The molecule has 1 aromatic heterocycles. The van der Waals surface area contributed by atoms with Crippen molar-refractivity contribution >= 4 is 10.8 Å². The molecule has 0 unspecified atom stereocenters. The average molecular weight is 266 g/mol. The molecule has 20 heavy (non-hydrogen) atoms. The standard InChI is InChI=1S/C16H18N4/c1-12(2)17-10-16-11-18-19-20(16)15-8-7-13-5-3-4-6-14(13)9-15/h3-9,11-12,17H,10H2,1-2H3. The summed E-state index contributed by atoms with van der Waals surface area (Å²) >= 11 is 0. The minimum Gasteiger partial charge on any atom is -0.309 e. The van der Waals surface area contributed by atoms with Crippen molar-refractivity contribution in [2.45, 2.75) is 26.4 Å². The number of nitrogens with zero attached hydrogens (tertiary/aromatic N) is 3. The summed E-state index contributed by atoms with van der Waals surface area (Å²) < 4.78 is 1.89. The van der Waals surface area contributed by atoms with E-state index in [4.69, 9.17) is 0 Å². The second kappa shape index (κ2) is 5.43. The largest absolute Gasteiger partial charge is 0.309 e. The zero-order chi connectivity index (χ0) is 13.9.